The second-order valence-corrected chi connectivity index (χ2v) is 11.0. The van der Waals surface area contributed by atoms with Crippen molar-refractivity contribution in [3.05, 3.63) is 130 Å². The maximum Gasteiger partial charge on any atom is 0.326 e. The smallest absolute Gasteiger partial charge is 0.326 e. The first-order chi connectivity index (χ1) is 20.7. The lowest BCUT2D eigenvalue weighted by Gasteiger charge is -2.26. The van der Waals surface area contributed by atoms with Crippen molar-refractivity contribution in [2.75, 3.05) is 16.9 Å². The lowest BCUT2D eigenvalue weighted by molar-refractivity contribution is -0.139. The van der Waals surface area contributed by atoms with E-state index in [1.807, 2.05) is 48.4 Å². The summed E-state index contributed by atoms with van der Waals surface area (Å²) in [5.74, 6) is -2.09. The molecule has 0 aliphatic heterocycles. The first-order valence-corrected chi connectivity index (χ1v) is 15.0. The number of amides is 1. The summed E-state index contributed by atoms with van der Waals surface area (Å²) in [7, 11) is 0. The highest BCUT2D eigenvalue weighted by atomic mass is 32.2. The summed E-state index contributed by atoms with van der Waals surface area (Å²) in [4.78, 5) is 30.6. The predicted octanol–water partition coefficient (Wildman–Crippen LogP) is 7.63. The number of anilines is 1. The fraction of sp³-hybridized carbons (Fsp3) is 0.206. The average molecular weight is 600 g/mol. The van der Waals surface area contributed by atoms with Crippen LogP contribution in [0.1, 0.15) is 33.5 Å². The van der Waals surface area contributed by atoms with Crippen molar-refractivity contribution < 1.29 is 23.5 Å². The molecule has 220 valence electrons. The molecule has 9 heteroatoms. The van der Waals surface area contributed by atoms with Crippen molar-refractivity contribution in [3.63, 3.8) is 0 Å². The van der Waals surface area contributed by atoms with E-state index in [0.29, 0.717) is 28.3 Å². The van der Waals surface area contributed by atoms with Crippen molar-refractivity contribution in [1.82, 2.24) is 5.32 Å². The van der Waals surface area contributed by atoms with E-state index in [1.165, 1.54) is 11.8 Å². The number of aliphatic carboxylic acids is 1. The Morgan fingerprint density at radius 1 is 0.977 bits per heavy atom. The Morgan fingerprint density at radius 3 is 2.40 bits per heavy atom. The van der Waals surface area contributed by atoms with Gasteiger partial charge in [0, 0.05) is 29.9 Å². The van der Waals surface area contributed by atoms with E-state index in [2.05, 4.69) is 10.2 Å². The number of carboxylic acids is 1. The zero-order valence-electron chi connectivity index (χ0n) is 23.8. The molecule has 0 aliphatic carbocycles. The van der Waals surface area contributed by atoms with Gasteiger partial charge < -0.3 is 15.3 Å². The standard InChI is InChI=1S/C34H31F2N3O3S/c1-22-6-4-5-7-28(22)30-18-23(8-14-29(30)33(40)38-32(34(41)42)16-17-43-3)20-39(27-12-10-26(37-2)11-13-27)21-24-19-25(35)9-15-31(24)36/h4-15,18-19,32H,16-17,20-21H2,1,3H3,(H,38,40)(H,41,42). The maximum atomic E-state index is 14.7. The zero-order valence-corrected chi connectivity index (χ0v) is 24.6. The number of rotatable bonds is 12. The fourth-order valence-corrected chi connectivity index (χ4v) is 5.25. The zero-order chi connectivity index (χ0) is 30.9. The molecule has 0 aliphatic rings. The van der Waals surface area contributed by atoms with Crippen LogP contribution in [0.3, 0.4) is 0 Å². The summed E-state index contributed by atoms with van der Waals surface area (Å²) < 4.78 is 28.7. The molecule has 0 spiro atoms. The van der Waals surface area contributed by atoms with Crippen LogP contribution in [0.2, 0.25) is 0 Å². The molecule has 0 radical (unpaired) electrons. The van der Waals surface area contributed by atoms with Gasteiger partial charge in [0.2, 0.25) is 0 Å². The molecule has 0 fully saturated rings. The molecular formula is C34H31F2N3O3S. The molecule has 1 amide bonds. The molecule has 0 aromatic heterocycles. The molecule has 1 atom stereocenters. The van der Waals surface area contributed by atoms with Crippen LogP contribution >= 0.6 is 11.8 Å². The third-order valence-electron chi connectivity index (χ3n) is 7.06. The Bertz CT molecular complexity index is 1650. The molecule has 1 unspecified atom stereocenters. The van der Waals surface area contributed by atoms with Crippen molar-refractivity contribution in [1.29, 1.82) is 0 Å². The molecule has 2 N–H and O–H groups in total. The molecule has 6 nitrogen and oxygen atoms in total. The molecule has 0 saturated heterocycles. The van der Waals surface area contributed by atoms with E-state index in [-0.39, 0.29) is 25.1 Å². The lowest BCUT2D eigenvalue weighted by Crippen LogP contribution is -2.41. The molecule has 4 aromatic rings. The molecule has 43 heavy (non-hydrogen) atoms. The highest BCUT2D eigenvalue weighted by Crippen LogP contribution is 2.31. The second-order valence-electron chi connectivity index (χ2n) is 10.1. The molecule has 4 rings (SSSR count). The minimum Gasteiger partial charge on any atom is -0.480 e. The van der Waals surface area contributed by atoms with Gasteiger partial charge in [-0.25, -0.2) is 18.4 Å². The molecular weight excluding hydrogens is 568 g/mol. The minimum absolute atomic E-state index is 0.0542. The van der Waals surface area contributed by atoms with Gasteiger partial charge in [-0.2, -0.15) is 11.8 Å². The summed E-state index contributed by atoms with van der Waals surface area (Å²) in [5.41, 5.74) is 4.82. The van der Waals surface area contributed by atoms with E-state index >= 15 is 0 Å². The van der Waals surface area contributed by atoms with Crippen LogP contribution in [-0.4, -0.2) is 35.0 Å². The summed E-state index contributed by atoms with van der Waals surface area (Å²) in [6.07, 6.45) is 2.17. The molecule has 0 heterocycles. The van der Waals surface area contributed by atoms with E-state index in [0.717, 1.165) is 34.9 Å². The van der Waals surface area contributed by atoms with Gasteiger partial charge >= 0.3 is 5.97 Å². The Hall–Kier alpha value is -4.68. The number of nitrogens with zero attached hydrogens (tertiary/aromatic N) is 2. The maximum absolute atomic E-state index is 14.7. The summed E-state index contributed by atoms with van der Waals surface area (Å²) in [6.45, 7) is 9.52. The largest absolute Gasteiger partial charge is 0.480 e. The van der Waals surface area contributed by atoms with Crippen molar-refractivity contribution in [2.24, 2.45) is 0 Å². The number of aryl methyl sites for hydroxylation is 1. The van der Waals surface area contributed by atoms with Gasteiger partial charge in [-0.1, -0.05) is 42.5 Å². The average Bonchev–Trinajstić information content (AvgIpc) is 3.00. The van der Waals surface area contributed by atoms with Gasteiger partial charge in [-0.05, 0) is 90.1 Å². The predicted molar refractivity (Wildman–Crippen MR) is 167 cm³/mol. The van der Waals surface area contributed by atoms with Crippen LogP contribution < -0.4 is 10.2 Å². The SMILES string of the molecule is [C-]#[N+]c1ccc(N(Cc2ccc(C(=O)NC(CCSC)C(=O)O)c(-c3ccccc3C)c2)Cc2cc(F)ccc2F)cc1. The van der Waals surface area contributed by atoms with Crippen molar-refractivity contribution in [3.8, 4) is 11.1 Å². The van der Waals surface area contributed by atoms with Crippen LogP contribution in [-0.2, 0) is 17.9 Å². The van der Waals surface area contributed by atoms with Gasteiger partial charge in [-0.15, -0.1) is 0 Å². The van der Waals surface area contributed by atoms with Crippen LogP contribution in [0.15, 0.2) is 84.9 Å². The number of halogens is 2. The van der Waals surface area contributed by atoms with Gasteiger partial charge in [-0.3, -0.25) is 4.79 Å². The molecule has 0 saturated carbocycles. The van der Waals surface area contributed by atoms with Gasteiger partial charge in [0.1, 0.15) is 17.7 Å². The lowest BCUT2D eigenvalue weighted by atomic mass is 9.93. The van der Waals surface area contributed by atoms with E-state index in [4.69, 9.17) is 6.57 Å². The van der Waals surface area contributed by atoms with E-state index < -0.39 is 29.6 Å². The topological polar surface area (TPSA) is 74.0 Å². The summed E-state index contributed by atoms with van der Waals surface area (Å²) in [6, 6.07) is 22.1. The number of carbonyl (C=O) groups is 2. The quantitative estimate of drug-likeness (QED) is 0.164. The second kappa shape index (κ2) is 14.5. The number of carboxylic acid groups (broad SMARTS) is 1. The van der Waals surface area contributed by atoms with Crippen LogP contribution in [0.4, 0.5) is 20.2 Å². The van der Waals surface area contributed by atoms with Crippen LogP contribution in [0.5, 0.6) is 0 Å². The number of hydrogen-bond donors (Lipinski definition) is 2. The number of thioether (sulfide) groups is 1. The van der Waals surface area contributed by atoms with Crippen LogP contribution in [0.25, 0.3) is 16.0 Å². The first kappa shape index (κ1) is 31.3. The third-order valence-corrected chi connectivity index (χ3v) is 7.71. The highest BCUT2D eigenvalue weighted by molar-refractivity contribution is 7.98. The first-order valence-electron chi connectivity index (χ1n) is 13.6. The number of hydrogen-bond acceptors (Lipinski definition) is 4. The number of benzene rings is 4. The van der Waals surface area contributed by atoms with E-state index in [1.54, 1.807) is 36.4 Å². The summed E-state index contributed by atoms with van der Waals surface area (Å²) >= 11 is 1.50. The van der Waals surface area contributed by atoms with Gasteiger partial charge in [0.15, 0.2) is 5.69 Å². The minimum atomic E-state index is -1.10. The Kier molecular flexibility index (Phi) is 10.5. The van der Waals surface area contributed by atoms with Crippen LogP contribution in [0, 0.1) is 25.1 Å². The Balaban J connectivity index is 1.75. The summed E-state index contributed by atoms with van der Waals surface area (Å²) in [5, 5.41) is 12.3. The highest BCUT2D eigenvalue weighted by Gasteiger charge is 2.23. The molecule has 0 bridgehead atoms. The molecule has 4 aromatic carbocycles. The van der Waals surface area contributed by atoms with Crippen molar-refractivity contribution >= 4 is 35.0 Å². The van der Waals surface area contributed by atoms with E-state index in [9.17, 15) is 23.5 Å². The van der Waals surface area contributed by atoms with Crippen molar-refractivity contribution in [2.45, 2.75) is 32.5 Å². The normalized spacial score (nSPS) is 11.4. The monoisotopic (exact) mass is 599 g/mol. The Labute approximate surface area is 254 Å². The Morgan fingerprint density at radius 2 is 1.72 bits per heavy atom. The number of carbonyl (C=O) groups excluding carboxylic acids is 1. The fourth-order valence-electron chi connectivity index (χ4n) is 4.78. The number of nitrogens with one attached hydrogen (secondary N) is 1. The van der Waals surface area contributed by atoms with Gasteiger partial charge in [0.25, 0.3) is 5.91 Å². The van der Waals surface area contributed by atoms with Gasteiger partial charge in [0.05, 0.1) is 6.57 Å². The third kappa shape index (κ3) is 7.99.